The smallest absolute Gasteiger partial charge is 0.323 e. The lowest BCUT2D eigenvalue weighted by atomic mass is 10.6. The highest BCUT2D eigenvalue weighted by atomic mass is 79.9. The van der Waals surface area contributed by atoms with E-state index in [1.165, 1.54) is 11.0 Å². The van der Waals surface area contributed by atoms with Crippen LogP contribution in [0.4, 0.5) is 0 Å². The summed E-state index contributed by atoms with van der Waals surface area (Å²) in [6, 6.07) is 1.47. The molecule has 0 heterocycles. The molecule has 0 radical (unpaired) electrons. The SMILES string of the molecule is CN(CBr)C(=O)C#N. The van der Waals surface area contributed by atoms with E-state index in [1.54, 1.807) is 7.05 Å². The lowest BCUT2D eigenvalue weighted by molar-refractivity contribution is -0.123. The third-order valence-corrected chi connectivity index (χ3v) is 1.37. The molecule has 0 aromatic heterocycles. The van der Waals surface area contributed by atoms with Crippen LogP contribution < -0.4 is 0 Å². The van der Waals surface area contributed by atoms with Gasteiger partial charge in [-0.05, 0) is 0 Å². The molecule has 4 heteroatoms. The van der Waals surface area contributed by atoms with Crippen LogP contribution in [-0.4, -0.2) is 23.3 Å². The predicted octanol–water partition coefficient (Wildman–Crippen LogP) is 0.321. The number of nitriles is 1. The van der Waals surface area contributed by atoms with Crippen LogP contribution in [0.25, 0.3) is 0 Å². The molecule has 44 valence electrons. The number of rotatable bonds is 1. The van der Waals surface area contributed by atoms with E-state index in [2.05, 4.69) is 15.9 Å². The van der Waals surface area contributed by atoms with Crippen LogP contribution >= 0.6 is 15.9 Å². The van der Waals surface area contributed by atoms with Crippen LogP contribution in [0.3, 0.4) is 0 Å². The summed E-state index contributed by atoms with van der Waals surface area (Å²) >= 11 is 3.01. The fraction of sp³-hybridized carbons (Fsp3) is 0.500. The Morgan fingerprint density at radius 3 is 2.62 bits per heavy atom. The van der Waals surface area contributed by atoms with E-state index in [1.807, 2.05) is 0 Å². The molecular formula is C4H5BrN2O. The van der Waals surface area contributed by atoms with Gasteiger partial charge in [-0.15, -0.1) is 0 Å². The maximum absolute atomic E-state index is 10.3. The molecule has 0 aliphatic carbocycles. The molecule has 0 fully saturated rings. The van der Waals surface area contributed by atoms with Crippen LogP contribution in [0.1, 0.15) is 0 Å². The number of carbonyl (C=O) groups excluding carboxylic acids is 1. The average molecular weight is 177 g/mol. The molecule has 3 nitrogen and oxygen atoms in total. The van der Waals surface area contributed by atoms with Crippen molar-refractivity contribution < 1.29 is 4.79 Å². The highest BCUT2D eigenvalue weighted by Crippen LogP contribution is 1.87. The lowest BCUT2D eigenvalue weighted by Crippen LogP contribution is -2.22. The van der Waals surface area contributed by atoms with Gasteiger partial charge < -0.3 is 4.90 Å². The highest BCUT2D eigenvalue weighted by Gasteiger charge is 2.01. The van der Waals surface area contributed by atoms with Gasteiger partial charge in [0.1, 0.15) is 0 Å². The number of carbonyl (C=O) groups is 1. The standard InChI is InChI=1S/C4H5BrN2O/c1-7(3-5)4(8)2-6/h3H2,1H3. The third-order valence-electron chi connectivity index (χ3n) is 0.622. The molecule has 0 aromatic rings. The number of hydrogen-bond acceptors (Lipinski definition) is 2. The van der Waals surface area contributed by atoms with Gasteiger partial charge in [-0.1, -0.05) is 15.9 Å². The normalized spacial score (nSPS) is 7.62. The number of halogens is 1. The van der Waals surface area contributed by atoms with Crippen molar-refractivity contribution in [1.29, 1.82) is 5.26 Å². The molecule has 0 bridgehead atoms. The number of alkyl halides is 1. The Balaban J connectivity index is 3.68. The van der Waals surface area contributed by atoms with E-state index < -0.39 is 5.91 Å². The fourth-order valence-electron chi connectivity index (χ4n) is 0.140. The van der Waals surface area contributed by atoms with Crippen LogP contribution in [-0.2, 0) is 4.79 Å². The second kappa shape index (κ2) is 3.44. The summed E-state index contributed by atoms with van der Waals surface area (Å²) in [7, 11) is 1.54. The quantitative estimate of drug-likeness (QED) is 0.329. The molecule has 0 spiro atoms. The first-order valence-electron chi connectivity index (χ1n) is 1.93. The summed E-state index contributed by atoms with van der Waals surface area (Å²) in [5.41, 5.74) is 0.402. The second-order valence-corrected chi connectivity index (χ2v) is 1.74. The third kappa shape index (κ3) is 1.94. The lowest BCUT2D eigenvalue weighted by Gasteiger charge is -2.05. The van der Waals surface area contributed by atoms with E-state index in [-0.39, 0.29) is 0 Å². The largest absolute Gasteiger partial charge is 0.325 e. The van der Waals surface area contributed by atoms with E-state index >= 15 is 0 Å². The summed E-state index contributed by atoms with van der Waals surface area (Å²) in [5, 5.41) is 7.97. The van der Waals surface area contributed by atoms with Gasteiger partial charge in [0.25, 0.3) is 0 Å². The summed E-state index contributed by atoms with van der Waals surface area (Å²) < 4.78 is 0. The molecule has 0 atom stereocenters. The first-order valence-corrected chi connectivity index (χ1v) is 3.05. The second-order valence-electron chi connectivity index (χ2n) is 1.23. The Labute approximate surface area is 56.0 Å². The van der Waals surface area contributed by atoms with Crippen molar-refractivity contribution in [3.05, 3.63) is 0 Å². The van der Waals surface area contributed by atoms with Gasteiger partial charge >= 0.3 is 5.91 Å². The van der Waals surface area contributed by atoms with E-state index in [4.69, 9.17) is 5.26 Å². The topological polar surface area (TPSA) is 44.1 Å². The first-order chi connectivity index (χ1) is 3.72. The van der Waals surface area contributed by atoms with Gasteiger partial charge in [0, 0.05) is 7.05 Å². The van der Waals surface area contributed by atoms with Crippen molar-refractivity contribution >= 4 is 21.8 Å². The van der Waals surface area contributed by atoms with Crippen LogP contribution in [0.2, 0.25) is 0 Å². The zero-order valence-corrected chi connectivity index (χ0v) is 5.97. The van der Waals surface area contributed by atoms with Gasteiger partial charge in [-0.25, -0.2) is 0 Å². The molecule has 0 rings (SSSR count). The van der Waals surface area contributed by atoms with E-state index in [0.29, 0.717) is 5.45 Å². The van der Waals surface area contributed by atoms with Crippen molar-refractivity contribution in [2.45, 2.75) is 0 Å². The predicted molar refractivity (Wildman–Crippen MR) is 32.2 cm³/mol. The minimum absolute atomic E-state index is 0.402. The highest BCUT2D eigenvalue weighted by molar-refractivity contribution is 9.09. The Morgan fingerprint density at radius 2 is 2.50 bits per heavy atom. The number of nitrogens with zero attached hydrogens (tertiary/aromatic N) is 2. The van der Waals surface area contributed by atoms with Crippen LogP contribution in [0, 0.1) is 11.3 Å². The van der Waals surface area contributed by atoms with Gasteiger partial charge in [-0.2, -0.15) is 5.26 Å². The monoisotopic (exact) mass is 176 g/mol. The van der Waals surface area contributed by atoms with Gasteiger partial charge in [-0.3, -0.25) is 4.79 Å². The first kappa shape index (κ1) is 7.44. The molecule has 1 amide bonds. The summed E-state index contributed by atoms with van der Waals surface area (Å²) in [6.45, 7) is 0. The fourth-order valence-corrected chi connectivity index (χ4v) is 0.367. The zero-order chi connectivity index (χ0) is 6.57. The summed E-state index contributed by atoms with van der Waals surface area (Å²) in [4.78, 5) is 11.5. The average Bonchev–Trinajstić information content (AvgIpc) is 1.84. The molecule has 0 N–H and O–H groups in total. The molecule has 0 aromatic carbocycles. The van der Waals surface area contributed by atoms with E-state index in [9.17, 15) is 4.79 Å². The molecular weight excluding hydrogens is 172 g/mol. The number of amides is 1. The van der Waals surface area contributed by atoms with Crippen molar-refractivity contribution in [2.24, 2.45) is 0 Å². The summed E-state index contributed by atoms with van der Waals surface area (Å²) in [6.07, 6.45) is 0. The molecule has 8 heavy (non-hydrogen) atoms. The van der Waals surface area contributed by atoms with Crippen molar-refractivity contribution in [3.63, 3.8) is 0 Å². The summed E-state index contributed by atoms with van der Waals surface area (Å²) in [5.74, 6) is -0.526. The maximum atomic E-state index is 10.3. The Bertz CT molecular complexity index is 128. The van der Waals surface area contributed by atoms with Gasteiger partial charge in [0.05, 0.1) is 5.45 Å². The molecule has 0 aliphatic rings. The van der Waals surface area contributed by atoms with Gasteiger partial charge in [0.15, 0.2) is 6.07 Å². The van der Waals surface area contributed by atoms with Gasteiger partial charge in [0.2, 0.25) is 0 Å². The van der Waals surface area contributed by atoms with Crippen LogP contribution in [0.15, 0.2) is 0 Å². The maximum Gasteiger partial charge on any atom is 0.325 e. The van der Waals surface area contributed by atoms with Crippen molar-refractivity contribution in [3.8, 4) is 6.07 Å². The molecule has 0 saturated heterocycles. The Hall–Kier alpha value is -0.560. The van der Waals surface area contributed by atoms with Crippen LogP contribution in [0.5, 0.6) is 0 Å². The number of hydrogen-bond donors (Lipinski definition) is 0. The molecule has 0 aliphatic heterocycles. The molecule has 0 saturated carbocycles. The van der Waals surface area contributed by atoms with Crippen molar-refractivity contribution in [2.75, 3.05) is 12.5 Å². The minimum atomic E-state index is -0.526. The van der Waals surface area contributed by atoms with E-state index in [0.717, 1.165) is 0 Å². The minimum Gasteiger partial charge on any atom is -0.323 e. The molecule has 0 unspecified atom stereocenters. The Kier molecular flexibility index (Phi) is 3.20. The zero-order valence-electron chi connectivity index (χ0n) is 4.39. The van der Waals surface area contributed by atoms with Crippen molar-refractivity contribution in [1.82, 2.24) is 4.90 Å². The Morgan fingerprint density at radius 1 is 2.00 bits per heavy atom.